The van der Waals surface area contributed by atoms with Gasteiger partial charge < -0.3 is 10.2 Å². The molecule has 0 aliphatic carbocycles. The maximum Gasteiger partial charge on any atom is 0.129 e. The fourth-order valence-electron chi connectivity index (χ4n) is 1.88. The molecule has 0 aromatic carbocycles. The summed E-state index contributed by atoms with van der Waals surface area (Å²) in [5.74, 6) is 0.731. The molecule has 2 aromatic heterocycles. The van der Waals surface area contributed by atoms with Crippen LogP contribution in [0.2, 0.25) is 5.02 Å². The Bertz CT molecular complexity index is 516. The molecule has 4 nitrogen and oxygen atoms in total. The Balaban J connectivity index is 2.47. The van der Waals surface area contributed by atoms with Crippen LogP contribution in [-0.2, 0) is 0 Å². The molecule has 0 bridgehead atoms. The summed E-state index contributed by atoms with van der Waals surface area (Å²) in [5, 5.41) is 4.81. The SMILES string of the molecule is Cc1ccoc1C(N)c1c(Cl)cnn1C(C)C. The predicted octanol–water partition coefficient (Wildman–Crippen LogP) is 3.07. The van der Waals surface area contributed by atoms with Crippen LogP contribution in [0.25, 0.3) is 0 Å². The number of aryl methyl sites for hydroxylation is 1. The van der Waals surface area contributed by atoms with Crippen LogP contribution >= 0.6 is 11.6 Å². The van der Waals surface area contributed by atoms with Gasteiger partial charge in [0.2, 0.25) is 0 Å². The van der Waals surface area contributed by atoms with E-state index in [9.17, 15) is 0 Å². The minimum atomic E-state index is -0.387. The molecule has 92 valence electrons. The number of hydrogen-bond acceptors (Lipinski definition) is 3. The fourth-order valence-corrected chi connectivity index (χ4v) is 2.13. The number of furan rings is 1. The molecule has 0 spiro atoms. The van der Waals surface area contributed by atoms with Gasteiger partial charge in [0.1, 0.15) is 11.8 Å². The Morgan fingerprint density at radius 1 is 1.47 bits per heavy atom. The zero-order valence-corrected chi connectivity index (χ0v) is 10.9. The summed E-state index contributed by atoms with van der Waals surface area (Å²) < 4.78 is 7.24. The van der Waals surface area contributed by atoms with Crippen LogP contribution in [0.15, 0.2) is 22.9 Å². The third-order valence-electron chi connectivity index (χ3n) is 2.75. The molecular weight excluding hydrogens is 238 g/mol. The van der Waals surface area contributed by atoms with Crippen LogP contribution in [0.5, 0.6) is 0 Å². The average Bonchev–Trinajstić information content (AvgIpc) is 2.83. The smallest absolute Gasteiger partial charge is 0.129 e. The number of hydrogen-bond donors (Lipinski definition) is 1. The largest absolute Gasteiger partial charge is 0.467 e. The second kappa shape index (κ2) is 4.55. The molecule has 2 N–H and O–H groups in total. The van der Waals surface area contributed by atoms with Crippen LogP contribution in [0.3, 0.4) is 0 Å². The molecule has 2 rings (SSSR count). The second-order valence-electron chi connectivity index (χ2n) is 4.36. The predicted molar refractivity (Wildman–Crippen MR) is 67.1 cm³/mol. The van der Waals surface area contributed by atoms with Gasteiger partial charge in [0, 0.05) is 6.04 Å². The highest BCUT2D eigenvalue weighted by Gasteiger charge is 2.23. The molecular formula is C12H16ClN3O. The Morgan fingerprint density at radius 2 is 2.18 bits per heavy atom. The van der Waals surface area contributed by atoms with Crippen LogP contribution in [0.1, 0.15) is 42.9 Å². The molecule has 0 aliphatic heterocycles. The van der Waals surface area contributed by atoms with E-state index in [0.29, 0.717) is 5.02 Å². The van der Waals surface area contributed by atoms with Crippen molar-refractivity contribution < 1.29 is 4.42 Å². The van der Waals surface area contributed by atoms with E-state index in [1.807, 2.05) is 31.5 Å². The molecule has 0 radical (unpaired) electrons. The lowest BCUT2D eigenvalue weighted by atomic mass is 10.1. The first-order valence-corrected chi connectivity index (χ1v) is 5.92. The summed E-state index contributed by atoms with van der Waals surface area (Å²) in [4.78, 5) is 0. The van der Waals surface area contributed by atoms with Gasteiger partial charge in [0.15, 0.2) is 0 Å². The van der Waals surface area contributed by atoms with Crippen molar-refractivity contribution in [2.75, 3.05) is 0 Å². The second-order valence-corrected chi connectivity index (χ2v) is 4.77. The van der Waals surface area contributed by atoms with Gasteiger partial charge in [-0.05, 0) is 32.4 Å². The van der Waals surface area contributed by atoms with Crippen molar-refractivity contribution in [2.24, 2.45) is 5.73 Å². The molecule has 5 heteroatoms. The van der Waals surface area contributed by atoms with Crippen molar-refractivity contribution in [2.45, 2.75) is 32.9 Å². The molecule has 2 aromatic rings. The van der Waals surface area contributed by atoms with Gasteiger partial charge in [-0.15, -0.1) is 0 Å². The third kappa shape index (κ3) is 2.10. The Kier molecular flexibility index (Phi) is 3.26. The zero-order chi connectivity index (χ0) is 12.6. The number of aromatic nitrogens is 2. The van der Waals surface area contributed by atoms with Crippen molar-refractivity contribution in [1.82, 2.24) is 9.78 Å². The van der Waals surface area contributed by atoms with Crippen LogP contribution in [0.4, 0.5) is 0 Å². The molecule has 1 atom stereocenters. The standard InChI is InChI=1S/C12H16ClN3O/c1-7(2)16-11(9(13)6-15-16)10(14)12-8(3)4-5-17-12/h4-7,10H,14H2,1-3H3. The highest BCUT2D eigenvalue weighted by molar-refractivity contribution is 6.31. The van der Waals surface area contributed by atoms with E-state index in [0.717, 1.165) is 17.0 Å². The summed E-state index contributed by atoms with van der Waals surface area (Å²) in [6.45, 7) is 6.03. The van der Waals surface area contributed by atoms with E-state index >= 15 is 0 Å². The Labute approximate surface area is 105 Å². The number of halogens is 1. The fraction of sp³-hybridized carbons (Fsp3) is 0.417. The summed E-state index contributed by atoms with van der Waals surface area (Å²) in [7, 11) is 0. The van der Waals surface area contributed by atoms with Gasteiger partial charge in [-0.2, -0.15) is 5.10 Å². The number of nitrogens with two attached hydrogens (primary N) is 1. The summed E-state index contributed by atoms with van der Waals surface area (Å²) >= 11 is 6.15. The highest BCUT2D eigenvalue weighted by atomic mass is 35.5. The van der Waals surface area contributed by atoms with Crippen molar-refractivity contribution in [3.05, 3.63) is 40.6 Å². The Morgan fingerprint density at radius 3 is 2.71 bits per heavy atom. The molecule has 0 amide bonds. The van der Waals surface area contributed by atoms with Gasteiger partial charge in [-0.1, -0.05) is 11.6 Å². The van der Waals surface area contributed by atoms with Gasteiger partial charge in [-0.3, -0.25) is 4.68 Å². The minimum Gasteiger partial charge on any atom is -0.467 e. The normalized spacial score (nSPS) is 13.3. The van der Waals surface area contributed by atoms with E-state index in [1.165, 1.54) is 0 Å². The number of rotatable bonds is 3. The average molecular weight is 254 g/mol. The lowest BCUT2D eigenvalue weighted by Crippen LogP contribution is -2.19. The lowest BCUT2D eigenvalue weighted by molar-refractivity contribution is 0.450. The quantitative estimate of drug-likeness (QED) is 0.915. The van der Waals surface area contributed by atoms with Crippen LogP contribution in [-0.4, -0.2) is 9.78 Å². The molecule has 0 fully saturated rings. The van der Waals surface area contributed by atoms with Gasteiger partial charge in [0.25, 0.3) is 0 Å². The third-order valence-corrected chi connectivity index (χ3v) is 3.05. The summed E-state index contributed by atoms with van der Waals surface area (Å²) in [6, 6.07) is 1.71. The maximum absolute atomic E-state index is 6.21. The van der Waals surface area contributed by atoms with E-state index in [2.05, 4.69) is 5.10 Å². The lowest BCUT2D eigenvalue weighted by Gasteiger charge is -2.16. The first-order valence-electron chi connectivity index (χ1n) is 5.54. The molecule has 0 saturated carbocycles. The maximum atomic E-state index is 6.21. The molecule has 1 unspecified atom stereocenters. The van der Waals surface area contributed by atoms with Gasteiger partial charge in [0.05, 0.1) is 23.2 Å². The van der Waals surface area contributed by atoms with E-state index in [4.69, 9.17) is 21.8 Å². The first kappa shape index (κ1) is 12.2. The zero-order valence-electron chi connectivity index (χ0n) is 10.1. The van der Waals surface area contributed by atoms with E-state index in [1.54, 1.807) is 12.5 Å². The van der Waals surface area contributed by atoms with Gasteiger partial charge in [-0.25, -0.2) is 0 Å². The monoisotopic (exact) mass is 253 g/mol. The molecule has 0 saturated heterocycles. The molecule has 17 heavy (non-hydrogen) atoms. The molecule has 2 heterocycles. The molecule has 0 aliphatic rings. The summed E-state index contributed by atoms with van der Waals surface area (Å²) in [5.41, 5.74) is 8.02. The van der Waals surface area contributed by atoms with Crippen molar-refractivity contribution in [3.8, 4) is 0 Å². The summed E-state index contributed by atoms with van der Waals surface area (Å²) in [6.07, 6.45) is 3.25. The van der Waals surface area contributed by atoms with Gasteiger partial charge >= 0.3 is 0 Å². The first-order chi connectivity index (χ1) is 8.02. The Hall–Kier alpha value is -1.26. The van der Waals surface area contributed by atoms with Crippen molar-refractivity contribution >= 4 is 11.6 Å². The van der Waals surface area contributed by atoms with E-state index < -0.39 is 0 Å². The van der Waals surface area contributed by atoms with Crippen molar-refractivity contribution in [1.29, 1.82) is 0 Å². The highest BCUT2D eigenvalue weighted by Crippen LogP contribution is 2.30. The minimum absolute atomic E-state index is 0.207. The van der Waals surface area contributed by atoms with Crippen LogP contribution < -0.4 is 5.73 Å². The van der Waals surface area contributed by atoms with E-state index in [-0.39, 0.29) is 12.1 Å². The topological polar surface area (TPSA) is 57.0 Å². The number of nitrogens with zero attached hydrogens (tertiary/aromatic N) is 2. The van der Waals surface area contributed by atoms with Crippen LogP contribution in [0, 0.1) is 6.92 Å². The van der Waals surface area contributed by atoms with Crippen molar-refractivity contribution in [3.63, 3.8) is 0 Å².